The number of anilines is 1. The Balaban J connectivity index is 1.39. The van der Waals surface area contributed by atoms with E-state index in [2.05, 4.69) is 10.3 Å². The zero-order valence-corrected chi connectivity index (χ0v) is 18.8. The number of hydrogen-bond donors (Lipinski definition) is 1. The van der Waals surface area contributed by atoms with E-state index in [1.165, 1.54) is 12.1 Å². The maximum Gasteiger partial charge on any atom is 0.229 e. The molecule has 1 aromatic heterocycles. The average Bonchev–Trinajstić information content (AvgIpc) is 3.30. The highest BCUT2D eigenvalue weighted by atomic mass is 19.1. The van der Waals surface area contributed by atoms with Crippen molar-refractivity contribution in [1.29, 1.82) is 0 Å². The van der Waals surface area contributed by atoms with E-state index in [1.54, 1.807) is 18.3 Å². The zero-order valence-electron chi connectivity index (χ0n) is 18.8. The molecule has 1 unspecified atom stereocenters. The molecule has 32 heavy (non-hydrogen) atoms. The molecule has 6 nitrogen and oxygen atoms in total. The first kappa shape index (κ1) is 22.2. The Hall–Kier alpha value is -2.96. The third-order valence-electron chi connectivity index (χ3n) is 6.94. The zero-order chi connectivity index (χ0) is 22.7. The Bertz CT molecular complexity index is 970. The molecule has 2 aliphatic rings. The lowest BCUT2D eigenvalue weighted by atomic mass is 9.78. The molecule has 7 heteroatoms. The van der Waals surface area contributed by atoms with Gasteiger partial charge in [0.1, 0.15) is 11.6 Å². The normalized spacial score (nSPS) is 20.3. The highest BCUT2D eigenvalue weighted by molar-refractivity contribution is 5.84. The summed E-state index contributed by atoms with van der Waals surface area (Å²) in [6.07, 6.45) is 5.30. The van der Waals surface area contributed by atoms with Gasteiger partial charge in [-0.25, -0.2) is 9.37 Å². The summed E-state index contributed by atoms with van der Waals surface area (Å²) in [5, 5.41) is 3.07. The Labute approximate surface area is 188 Å². The number of nitrogens with zero attached hydrogens (tertiary/aromatic N) is 3. The summed E-state index contributed by atoms with van der Waals surface area (Å²) in [7, 11) is 1.84. The highest BCUT2D eigenvalue weighted by Gasteiger charge is 2.43. The predicted molar refractivity (Wildman–Crippen MR) is 121 cm³/mol. The fraction of sp³-hybridized carbons (Fsp3) is 0.480. The van der Waals surface area contributed by atoms with E-state index >= 15 is 0 Å². The van der Waals surface area contributed by atoms with E-state index in [0.29, 0.717) is 25.9 Å². The molecule has 2 amide bonds. The van der Waals surface area contributed by atoms with Gasteiger partial charge < -0.3 is 15.1 Å². The summed E-state index contributed by atoms with van der Waals surface area (Å²) < 4.78 is 13.1. The van der Waals surface area contributed by atoms with Gasteiger partial charge in [0.05, 0.1) is 12.5 Å². The van der Waals surface area contributed by atoms with E-state index < -0.39 is 5.41 Å². The van der Waals surface area contributed by atoms with Gasteiger partial charge in [-0.1, -0.05) is 19.1 Å². The van der Waals surface area contributed by atoms with Gasteiger partial charge in [-0.15, -0.1) is 0 Å². The topological polar surface area (TPSA) is 65.5 Å². The third-order valence-corrected chi connectivity index (χ3v) is 6.94. The molecule has 1 N–H and O–H groups in total. The minimum Gasteiger partial charge on any atom is -0.373 e. The molecule has 2 aliphatic heterocycles. The van der Waals surface area contributed by atoms with Gasteiger partial charge in [-0.2, -0.15) is 0 Å². The number of piperidine rings is 1. The Kier molecular flexibility index (Phi) is 6.44. The first-order valence-electron chi connectivity index (χ1n) is 11.4. The molecule has 1 atom stereocenters. The van der Waals surface area contributed by atoms with Crippen molar-refractivity contribution in [3.8, 4) is 0 Å². The van der Waals surface area contributed by atoms with E-state index in [0.717, 1.165) is 36.3 Å². The average molecular weight is 439 g/mol. The molecule has 0 spiro atoms. The van der Waals surface area contributed by atoms with E-state index in [-0.39, 0.29) is 30.1 Å². The van der Waals surface area contributed by atoms with E-state index in [9.17, 15) is 14.0 Å². The van der Waals surface area contributed by atoms with Crippen molar-refractivity contribution < 1.29 is 14.0 Å². The van der Waals surface area contributed by atoms with Gasteiger partial charge in [-0.05, 0) is 61.1 Å². The lowest BCUT2D eigenvalue weighted by Crippen LogP contribution is -2.50. The van der Waals surface area contributed by atoms with Gasteiger partial charge >= 0.3 is 0 Å². The van der Waals surface area contributed by atoms with Crippen LogP contribution < -0.4 is 5.32 Å². The number of pyridine rings is 1. The lowest BCUT2D eigenvalue weighted by Gasteiger charge is -2.41. The maximum atomic E-state index is 13.6. The first-order valence-corrected chi connectivity index (χ1v) is 11.4. The van der Waals surface area contributed by atoms with Crippen molar-refractivity contribution in [2.75, 3.05) is 32.0 Å². The molecule has 1 aromatic carbocycles. The van der Waals surface area contributed by atoms with Crippen molar-refractivity contribution in [1.82, 2.24) is 14.8 Å². The van der Waals surface area contributed by atoms with Crippen molar-refractivity contribution in [2.45, 2.75) is 45.1 Å². The number of aromatic nitrogens is 1. The Morgan fingerprint density at radius 3 is 2.56 bits per heavy atom. The van der Waals surface area contributed by atoms with Crippen molar-refractivity contribution >= 4 is 17.6 Å². The predicted octanol–water partition coefficient (Wildman–Crippen LogP) is 3.80. The molecule has 4 rings (SSSR count). The van der Waals surface area contributed by atoms with Crippen LogP contribution in [0.25, 0.3) is 0 Å². The third kappa shape index (κ3) is 4.61. The van der Waals surface area contributed by atoms with Crippen molar-refractivity contribution in [2.24, 2.45) is 5.41 Å². The molecule has 0 radical (unpaired) electrons. The van der Waals surface area contributed by atoms with E-state index in [1.807, 2.05) is 35.9 Å². The molecule has 2 fully saturated rings. The molecule has 2 saturated heterocycles. The second-order valence-electron chi connectivity index (χ2n) is 9.13. The van der Waals surface area contributed by atoms with Crippen LogP contribution >= 0.6 is 0 Å². The van der Waals surface area contributed by atoms with Crippen LogP contribution in [0, 0.1) is 11.2 Å². The number of rotatable bonds is 5. The molecule has 0 bridgehead atoms. The van der Waals surface area contributed by atoms with Crippen molar-refractivity contribution in [3.05, 3.63) is 59.5 Å². The van der Waals surface area contributed by atoms with Crippen molar-refractivity contribution in [3.63, 3.8) is 0 Å². The second kappa shape index (κ2) is 9.27. The number of amides is 2. The number of nitrogens with one attached hydrogen (secondary N) is 1. The number of halogens is 1. The summed E-state index contributed by atoms with van der Waals surface area (Å²) >= 11 is 0. The molecule has 0 saturated carbocycles. The minimum atomic E-state index is -0.464. The van der Waals surface area contributed by atoms with Crippen LogP contribution in [0.4, 0.5) is 10.2 Å². The number of carbonyl (C=O) groups excluding carboxylic acids is 2. The summed E-state index contributed by atoms with van der Waals surface area (Å²) in [4.78, 5) is 34.5. The Morgan fingerprint density at radius 1 is 1.16 bits per heavy atom. The van der Waals surface area contributed by atoms with Crippen LogP contribution in [0.1, 0.15) is 49.8 Å². The van der Waals surface area contributed by atoms with Gasteiger partial charge in [0.2, 0.25) is 11.8 Å². The molecule has 170 valence electrons. The smallest absolute Gasteiger partial charge is 0.229 e. The fourth-order valence-corrected chi connectivity index (χ4v) is 4.85. The number of hydrogen-bond acceptors (Lipinski definition) is 4. The number of benzene rings is 1. The van der Waals surface area contributed by atoms with Crippen LogP contribution in [0.15, 0.2) is 42.6 Å². The molecular formula is C25H31FN4O2. The molecule has 3 heterocycles. The van der Waals surface area contributed by atoms with Crippen LogP contribution in [0.3, 0.4) is 0 Å². The van der Waals surface area contributed by atoms with Gasteiger partial charge in [0.15, 0.2) is 0 Å². The summed E-state index contributed by atoms with van der Waals surface area (Å²) in [6, 6.07) is 10.2. The van der Waals surface area contributed by atoms with Gasteiger partial charge in [0.25, 0.3) is 0 Å². The SMILES string of the molecule is CNc1cc(C2CCCN2C(=O)C2(C)CCN(C(=O)Cc3ccc(F)cc3)CC2)ccn1. The second-order valence-corrected chi connectivity index (χ2v) is 9.13. The quantitative estimate of drug-likeness (QED) is 0.771. The van der Waals surface area contributed by atoms with Crippen LogP contribution in [-0.2, 0) is 16.0 Å². The van der Waals surface area contributed by atoms with Crippen LogP contribution in [0.5, 0.6) is 0 Å². The summed E-state index contributed by atoms with van der Waals surface area (Å²) in [5.74, 6) is 0.721. The molecular weight excluding hydrogens is 407 g/mol. The van der Waals surface area contributed by atoms with Gasteiger partial charge in [-0.3, -0.25) is 9.59 Å². The first-order chi connectivity index (χ1) is 15.4. The minimum absolute atomic E-state index is 0.0292. The van der Waals surface area contributed by atoms with Crippen LogP contribution in [0.2, 0.25) is 0 Å². The van der Waals surface area contributed by atoms with E-state index in [4.69, 9.17) is 0 Å². The standard InChI is InChI=1S/C25H31FN4O2/c1-25(10-14-29(15-11-25)23(31)16-18-5-7-20(26)8-6-18)24(32)30-13-3-4-21(30)19-9-12-28-22(17-19)27-2/h5-9,12,17,21H,3-4,10-11,13-16H2,1-2H3,(H,27,28). The fourth-order valence-electron chi connectivity index (χ4n) is 4.85. The number of likely N-dealkylation sites (tertiary alicyclic amines) is 2. The molecule has 2 aromatic rings. The largest absolute Gasteiger partial charge is 0.373 e. The highest BCUT2D eigenvalue weighted by Crippen LogP contribution is 2.40. The monoisotopic (exact) mass is 438 g/mol. The lowest BCUT2D eigenvalue weighted by molar-refractivity contribution is -0.148. The molecule has 0 aliphatic carbocycles. The Morgan fingerprint density at radius 2 is 1.88 bits per heavy atom. The number of carbonyl (C=O) groups is 2. The van der Waals surface area contributed by atoms with Crippen LogP contribution in [-0.4, -0.2) is 53.3 Å². The summed E-state index contributed by atoms with van der Waals surface area (Å²) in [6.45, 7) is 3.95. The maximum absolute atomic E-state index is 13.6. The summed E-state index contributed by atoms with van der Waals surface area (Å²) in [5.41, 5.74) is 1.46. The van der Waals surface area contributed by atoms with Gasteiger partial charge in [0, 0.05) is 38.3 Å².